The number of carbonyl (C=O) groups is 14. The third kappa shape index (κ3) is 35.7. The van der Waals surface area contributed by atoms with Crippen LogP contribution in [-0.4, -0.2) is 261 Å². The summed E-state index contributed by atoms with van der Waals surface area (Å²) in [5, 5.41) is 99.7. The molecule has 2 aromatic rings. The first kappa shape index (κ1) is 97.7. The van der Waals surface area contributed by atoms with Gasteiger partial charge in [-0.15, -0.1) is 0 Å². The molecule has 37 N–H and O–H groups in total. The number of carboxylic acid groups (broad SMARTS) is 1. The first-order chi connectivity index (χ1) is 52.6. The van der Waals surface area contributed by atoms with Crippen LogP contribution < -0.4 is 120 Å². The van der Waals surface area contributed by atoms with Crippen LogP contribution in [0, 0.1) is 10.8 Å². The largest absolute Gasteiger partial charge is 0.508 e. The van der Waals surface area contributed by atoms with E-state index in [-0.39, 0.29) is 108 Å². The van der Waals surface area contributed by atoms with Crippen molar-refractivity contribution in [2.24, 2.45) is 45.9 Å². The van der Waals surface area contributed by atoms with Crippen LogP contribution in [0.4, 0.5) is 0 Å². The molecule has 15 atom stereocenters. The van der Waals surface area contributed by atoms with Gasteiger partial charge in [0.1, 0.15) is 90.0 Å². The van der Waals surface area contributed by atoms with Crippen LogP contribution in [0.5, 0.6) is 11.5 Å². The number of carboxylic acids is 1. The lowest BCUT2D eigenvalue weighted by Gasteiger charge is -2.33. The van der Waals surface area contributed by atoms with Crippen molar-refractivity contribution in [3.63, 3.8) is 0 Å². The number of carbonyl (C=O) groups excluding carboxylic acids is 13. The first-order valence-electron chi connectivity index (χ1n) is 35.7. The number of benzene rings is 2. The van der Waals surface area contributed by atoms with E-state index in [4.69, 9.17) is 56.7 Å². The van der Waals surface area contributed by atoms with Crippen molar-refractivity contribution in [3.8, 4) is 11.5 Å². The quantitative estimate of drug-likeness (QED) is 0.0127. The Kier molecular flexibility index (Phi) is 43.4. The van der Waals surface area contributed by atoms with Gasteiger partial charge >= 0.3 is 5.97 Å². The van der Waals surface area contributed by atoms with Gasteiger partial charge in [0.2, 0.25) is 76.8 Å². The van der Waals surface area contributed by atoms with Gasteiger partial charge in [-0.1, -0.05) is 24.3 Å². The fraction of sp³-hybridized carbons (Fsp3) is 0.582. The zero-order valence-corrected chi connectivity index (χ0v) is 64.5. The van der Waals surface area contributed by atoms with Crippen LogP contribution in [0.2, 0.25) is 0 Å². The molecule has 0 aliphatic carbocycles. The Balaban J connectivity index is 2.41. The number of aromatic hydroxyl groups is 2. The van der Waals surface area contributed by atoms with Crippen LogP contribution in [0.3, 0.4) is 0 Å². The molecule has 0 aliphatic rings. The van der Waals surface area contributed by atoms with E-state index < -0.39 is 209 Å². The van der Waals surface area contributed by atoms with Gasteiger partial charge < -0.3 is 146 Å². The highest BCUT2D eigenvalue weighted by Crippen LogP contribution is 2.20. The van der Waals surface area contributed by atoms with E-state index in [1.54, 1.807) is 0 Å². The summed E-state index contributed by atoms with van der Waals surface area (Å²) in [6.45, 7) is 4.00. The summed E-state index contributed by atoms with van der Waals surface area (Å²) in [4.78, 5) is 193. The standard InChI is InChI=1S/C67H112N24O19S2/c1-32(92)49(73)61(106)85-43(27-34-12-16-36(94)17-13-34)58(103)91-51(67(3,4)112)63(108)86-44(29-48(72)96)57(102)81-39(10-7-25-78-65(74)75)52(97)83-42(21-24-70)56(101)90-50(33(2)93)62(107)88-46(30-71)59(104)82-38(9-5-6-22-68)54(99)89-47(31-111)60(105)84-41(20-23-69)55(100)80-40(11-8-26-79-66(76)77)53(98)87-45(64(109)110)28-35-14-18-37(95)19-15-35/h12-19,32-33,38-47,49-51,92-95,111-112H,5-11,20-31,68-71,73H2,1-4H3,(H2,72,96)(H,80,100)(H,81,102)(H,82,104)(H,83,97)(H,84,105)(H,85,106)(H,86,108)(H,87,98)(H,88,107)(H,89,99)(H,90,101)(H,91,103)(H,109,110)(H4,74,75,78)(H4,76,77,79)/t32-,33-,38+,39+,40+,41+,42+,43+,44+,45+,46-,47+,49+,50+,51-/m1/s1. The number of aliphatic carboxylic acids is 1. The predicted molar refractivity (Wildman–Crippen MR) is 414 cm³/mol. The van der Waals surface area contributed by atoms with Crippen molar-refractivity contribution < 1.29 is 92.7 Å². The van der Waals surface area contributed by atoms with E-state index in [0.717, 1.165) is 6.92 Å². The maximum atomic E-state index is 14.4. The van der Waals surface area contributed by atoms with E-state index >= 15 is 0 Å². The Hall–Kier alpha value is -10.4. The normalized spacial score (nSPS) is 15.2. The highest BCUT2D eigenvalue weighted by atomic mass is 32.1. The van der Waals surface area contributed by atoms with Gasteiger partial charge in [0.15, 0.2) is 11.9 Å². The Bertz CT molecular complexity index is 3510. The van der Waals surface area contributed by atoms with Gasteiger partial charge in [-0.3, -0.25) is 73.1 Å². The fourth-order valence-electron chi connectivity index (χ4n) is 10.6. The molecule has 13 amide bonds. The third-order valence-corrected chi connectivity index (χ3v) is 17.5. The van der Waals surface area contributed by atoms with Crippen molar-refractivity contribution in [1.82, 2.24) is 74.4 Å². The number of phenols is 2. The lowest BCUT2D eigenvalue weighted by Crippen LogP contribution is -2.64. The number of aliphatic hydroxyl groups is 2. The summed E-state index contributed by atoms with van der Waals surface area (Å²) >= 11 is 8.75. The fourth-order valence-corrected chi connectivity index (χ4v) is 11.0. The number of primary amides is 1. The number of guanidine groups is 2. The number of nitrogens with two attached hydrogens (primary N) is 8. The molecule has 2 rings (SSSR count). The van der Waals surface area contributed by atoms with Crippen LogP contribution in [-0.2, 0) is 80.0 Å². The maximum absolute atomic E-state index is 14.4. The van der Waals surface area contributed by atoms with Crippen LogP contribution in [0.15, 0.2) is 48.5 Å². The zero-order chi connectivity index (χ0) is 84.7. The maximum Gasteiger partial charge on any atom is 0.326 e. The Morgan fingerprint density at radius 2 is 0.777 bits per heavy atom. The second kappa shape index (κ2) is 49.8. The molecule has 0 aromatic heterocycles. The highest BCUT2D eigenvalue weighted by Gasteiger charge is 2.41. The minimum atomic E-state index is -1.95. The number of unbranched alkanes of at least 4 members (excludes halogenated alkanes) is 1. The number of rotatable bonds is 52. The number of nitrogens with one attached hydrogen (secondary N) is 16. The minimum absolute atomic E-state index is 0.0419. The smallest absolute Gasteiger partial charge is 0.326 e. The Morgan fingerprint density at radius 3 is 1.15 bits per heavy atom. The van der Waals surface area contributed by atoms with Gasteiger partial charge in [0, 0.05) is 43.0 Å². The van der Waals surface area contributed by atoms with E-state index in [9.17, 15) is 92.7 Å². The molecule has 0 heterocycles. The molecule has 2 aromatic carbocycles. The molecule has 626 valence electrons. The molecule has 0 aliphatic heterocycles. The summed E-state index contributed by atoms with van der Waals surface area (Å²) in [6, 6.07) is -10.1. The van der Waals surface area contributed by atoms with Crippen LogP contribution in [0.1, 0.15) is 103 Å². The van der Waals surface area contributed by atoms with Crippen molar-refractivity contribution in [1.29, 1.82) is 10.8 Å². The van der Waals surface area contributed by atoms with Crippen molar-refractivity contribution in [3.05, 3.63) is 59.7 Å². The van der Waals surface area contributed by atoms with Gasteiger partial charge in [0.05, 0.1) is 18.6 Å². The Labute approximate surface area is 657 Å². The molecular weight excluding hydrogens is 1510 g/mol. The summed E-state index contributed by atoms with van der Waals surface area (Å²) in [5.41, 5.74) is 46.5. The number of amides is 13. The lowest BCUT2D eigenvalue weighted by molar-refractivity contribution is -0.142. The zero-order valence-electron chi connectivity index (χ0n) is 62.7. The minimum Gasteiger partial charge on any atom is -0.508 e. The molecule has 0 bridgehead atoms. The molecule has 0 fully saturated rings. The molecule has 0 saturated heterocycles. The lowest BCUT2D eigenvalue weighted by atomic mass is 9.99. The van der Waals surface area contributed by atoms with Crippen molar-refractivity contribution >= 4 is 120 Å². The molecule has 0 radical (unpaired) electrons. The number of thiol groups is 2. The second-order valence-corrected chi connectivity index (χ2v) is 28.3. The molecule has 0 saturated carbocycles. The molecule has 112 heavy (non-hydrogen) atoms. The highest BCUT2D eigenvalue weighted by molar-refractivity contribution is 7.81. The topological polar surface area (TPSA) is 764 Å². The van der Waals surface area contributed by atoms with Gasteiger partial charge in [-0.05, 0) is 141 Å². The van der Waals surface area contributed by atoms with Crippen LogP contribution >= 0.6 is 25.3 Å². The van der Waals surface area contributed by atoms with Crippen LogP contribution in [0.25, 0.3) is 0 Å². The number of aliphatic hydroxyl groups excluding tert-OH is 2. The van der Waals surface area contributed by atoms with Crippen molar-refractivity contribution in [2.75, 3.05) is 45.0 Å². The molecule has 0 unspecified atom stereocenters. The summed E-state index contributed by atoms with van der Waals surface area (Å²) in [7, 11) is 0. The average molecular weight is 1620 g/mol. The third-order valence-electron chi connectivity index (χ3n) is 16.9. The van der Waals surface area contributed by atoms with Crippen molar-refractivity contribution in [2.45, 2.75) is 200 Å². The second-order valence-electron chi connectivity index (χ2n) is 26.8. The summed E-state index contributed by atoms with van der Waals surface area (Å²) in [6.07, 6.45) is -5.18. The van der Waals surface area contributed by atoms with E-state index in [0.29, 0.717) is 17.5 Å². The number of phenolic OH excluding ortho intramolecular Hbond substituents is 2. The first-order valence-corrected chi connectivity index (χ1v) is 36.8. The molecule has 43 nitrogen and oxygen atoms in total. The molecule has 45 heteroatoms. The van der Waals surface area contributed by atoms with E-state index in [2.05, 4.69) is 99.7 Å². The van der Waals surface area contributed by atoms with Gasteiger partial charge in [0.25, 0.3) is 0 Å². The molecule has 0 spiro atoms. The predicted octanol–water partition coefficient (Wildman–Crippen LogP) is -10.3. The van der Waals surface area contributed by atoms with Gasteiger partial charge in [-0.2, -0.15) is 25.3 Å². The molecular formula is C67H112N24O19S2. The summed E-state index contributed by atoms with van der Waals surface area (Å²) in [5.74, 6) is -16.9. The van der Waals surface area contributed by atoms with Gasteiger partial charge in [-0.25, -0.2) is 4.79 Å². The average Bonchev–Trinajstić information content (AvgIpc) is 0.803. The Morgan fingerprint density at radius 1 is 0.429 bits per heavy atom. The SMILES string of the molecule is C[C@@H](O)[C@H](N)C(=O)N[C@@H](Cc1ccc(O)cc1)C(=O)N[C@H](C(=O)N[C@@H](CC(N)=O)C(=O)N[C@@H](CCCNC(=N)N)C(=O)N[C@@H](CCN)C(=O)N[C@H](C(=O)N[C@H](CN)C(=O)N[C@@H](CCCCN)C(=O)N[C@@H](CS)C(=O)N[C@@H](CCN)C(=O)N[C@@H](CCCNC(=N)N)C(=O)N[C@@H](Cc1ccc(O)cc1)C(=O)O)[C@@H](C)O)C(C)(C)S. The van der Waals surface area contributed by atoms with E-state index in [1.807, 2.05) is 0 Å². The number of hydrogen-bond acceptors (Lipinski definition) is 27. The van der Waals surface area contributed by atoms with E-state index in [1.165, 1.54) is 69.3 Å². The number of hydrogen-bond donors (Lipinski definition) is 31. The monoisotopic (exact) mass is 1620 g/mol. The summed E-state index contributed by atoms with van der Waals surface area (Å²) < 4.78 is -1.51.